The van der Waals surface area contributed by atoms with E-state index in [-0.39, 0.29) is 5.60 Å². The molecule has 1 aliphatic heterocycles. The minimum atomic E-state index is 0.0639. The summed E-state index contributed by atoms with van der Waals surface area (Å²) in [5.74, 6) is 0.814. The van der Waals surface area contributed by atoms with Crippen molar-refractivity contribution < 1.29 is 4.74 Å². The molecule has 74 valence electrons. The van der Waals surface area contributed by atoms with Crippen LogP contribution < -0.4 is 0 Å². The van der Waals surface area contributed by atoms with Crippen molar-refractivity contribution >= 4 is 15.9 Å². The van der Waals surface area contributed by atoms with Crippen LogP contribution in [0.5, 0.6) is 0 Å². The molecule has 1 aromatic rings. The summed E-state index contributed by atoms with van der Waals surface area (Å²) in [6.07, 6.45) is 3.77. The minimum absolute atomic E-state index is 0.0639. The quantitative estimate of drug-likeness (QED) is 0.744. The fraction of sp³-hybridized carbons (Fsp3) is 0.500. The van der Waals surface area contributed by atoms with E-state index >= 15 is 0 Å². The molecular formula is C12H13BrO. The van der Waals surface area contributed by atoms with Crippen molar-refractivity contribution in [2.75, 3.05) is 6.61 Å². The van der Waals surface area contributed by atoms with E-state index in [1.165, 1.54) is 24.8 Å². The van der Waals surface area contributed by atoms with Gasteiger partial charge in [0.1, 0.15) is 0 Å². The number of benzene rings is 1. The lowest BCUT2D eigenvalue weighted by Gasteiger charge is -2.27. The lowest BCUT2D eigenvalue weighted by Crippen LogP contribution is -2.23. The summed E-state index contributed by atoms with van der Waals surface area (Å²) in [4.78, 5) is 0. The van der Waals surface area contributed by atoms with Crippen LogP contribution in [0.2, 0.25) is 0 Å². The van der Waals surface area contributed by atoms with E-state index in [1.807, 2.05) is 0 Å². The molecular weight excluding hydrogens is 240 g/mol. The number of halogens is 1. The Labute approximate surface area is 92.6 Å². The van der Waals surface area contributed by atoms with Gasteiger partial charge < -0.3 is 4.74 Å². The molecule has 0 amide bonds. The van der Waals surface area contributed by atoms with Crippen LogP contribution in [0.15, 0.2) is 28.7 Å². The van der Waals surface area contributed by atoms with Crippen LogP contribution in [0.1, 0.15) is 24.8 Å². The van der Waals surface area contributed by atoms with Crippen molar-refractivity contribution in [2.45, 2.75) is 24.9 Å². The predicted molar refractivity (Wildman–Crippen MR) is 59.1 cm³/mol. The standard InChI is InChI=1S/C12H13BrO/c13-11-3-1-2-10(6-11)12-5-4-9(7-12)8-14-12/h1-3,6,9H,4-5,7-8H2. The van der Waals surface area contributed by atoms with E-state index < -0.39 is 0 Å². The first kappa shape index (κ1) is 8.93. The van der Waals surface area contributed by atoms with Crippen LogP contribution in [0, 0.1) is 5.92 Å². The second-order valence-corrected chi connectivity index (χ2v) is 5.34. The van der Waals surface area contributed by atoms with Crippen LogP contribution in [0.3, 0.4) is 0 Å². The lowest BCUT2D eigenvalue weighted by molar-refractivity contribution is -0.0209. The number of hydrogen-bond acceptors (Lipinski definition) is 1. The van der Waals surface area contributed by atoms with E-state index in [0.717, 1.165) is 17.0 Å². The maximum atomic E-state index is 5.96. The van der Waals surface area contributed by atoms with E-state index in [2.05, 4.69) is 40.2 Å². The monoisotopic (exact) mass is 252 g/mol. The molecule has 0 aromatic heterocycles. The average molecular weight is 253 g/mol. The number of hydrogen-bond donors (Lipinski definition) is 0. The molecule has 3 rings (SSSR count). The SMILES string of the molecule is Brc1cccc(C23CCC(CO2)C3)c1. The Balaban J connectivity index is 2.02. The molecule has 2 aliphatic rings. The number of fused-ring (bicyclic) bond motifs is 2. The summed E-state index contributed by atoms with van der Waals surface area (Å²) in [6.45, 7) is 0.965. The van der Waals surface area contributed by atoms with Gasteiger partial charge in [-0.15, -0.1) is 0 Å². The zero-order valence-corrected chi connectivity index (χ0v) is 9.59. The highest BCUT2D eigenvalue weighted by atomic mass is 79.9. The van der Waals surface area contributed by atoms with Crippen LogP contribution >= 0.6 is 15.9 Å². The van der Waals surface area contributed by atoms with Gasteiger partial charge in [0, 0.05) is 4.47 Å². The van der Waals surface area contributed by atoms with Crippen molar-refractivity contribution in [1.29, 1.82) is 0 Å². The molecule has 2 atom stereocenters. The Hall–Kier alpha value is -0.340. The van der Waals surface area contributed by atoms with Gasteiger partial charge in [0.05, 0.1) is 12.2 Å². The van der Waals surface area contributed by atoms with Gasteiger partial charge in [0.25, 0.3) is 0 Å². The topological polar surface area (TPSA) is 9.23 Å². The smallest absolute Gasteiger partial charge is 0.0935 e. The summed E-state index contributed by atoms with van der Waals surface area (Å²) in [6, 6.07) is 8.57. The molecule has 1 aromatic carbocycles. The largest absolute Gasteiger partial charge is 0.370 e. The summed E-state index contributed by atoms with van der Waals surface area (Å²) < 4.78 is 7.12. The first-order valence-electron chi connectivity index (χ1n) is 5.19. The molecule has 2 unspecified atom stereocenters. The molecule has 2 bridgehead atoms. The van der Waals surface area contributed by atoms with Gasteiger partial charge in [-0.1, -0.05) is 28.1 Å². The lowest BCUT2D eigenvalue weighted by atomic mass is 9.92. The Morgan fingerprint density at radius 3 is 2.93 bits per heavy atom. The van der Waals surface area contributed by atoms with Crippen LogP contribution in [0.4, 0.5) is 0 Å². The normalized spacial score (nSPS) is 35.1. The zero-order chi connectivity index (χ0) is 9.60. The molecule has 1 saturated heterocycles. The van der Waals surface area contributed by atoms with Gasteiger partial charge in [0.15, 0.2) is 0 Å². The fourth-order valence-corrected chi connectivity index (χ4v) is 3.18. The van der Waals surface area contributed by atoms with Crippen molar-refractivity contribution in [3.05, 3.63) is 34.3 Å². The fourth-order valence-electron chi connectivity index (χ4n) is 2.78. The molecule has 1 nitrogen and oxygen atoms in total. The van der Waals surface area contributed by atoms with E-state index in [0.29, 0.717) is 0 Å². The second-order valence-electron chi connectivity index (χ2n) is 4.42. The zero-order valence-electron chi connectivity index (χ0n) is 8.00. The van der Waals surface area contributed by atoms with Gasteiger partial charge in [0.2, 0.25) is 0 Å². The summed E-state index contributed by atoms with van der Waals surface area (Å²) in [5.41, 5.74) is 1.42. The maximum Gasteiger partial charge on any atom is 0.0935 e. The third-order valence-corrected chi connectivity index (χ3v) is 4.01. The van der Waals surface area contributed by atoms with Crippen LogP contribution in [0.25, 0.3) is 0 Å². The Morgan fingerprint density at radius 1 is 1.43 bits per heavy atom. The van der Waals surface area contributed by atoms with Gasteiger partial charge in [-0.05, 0) is 42.9 Å². The third kappa shape index (κ3) is 1.24. The Kier molecular flexibility index (Phi) is 1.96. The van der Waals surface area contributed by atoms with Gasteiger partial charge in [-0.2, -0.15) is 0 Å². The molecule has 0 spiro atoms. The molecule has 1 aliphatic carbocycles. The van der Waals surface area contributed by atoms with Crippen LogP contribution in [-0.4, -0.2) is 6.61 Å². The molecule has 0 radical (unpaired) electrons. The molecule has 2 heteroatoms. The predicted octanol–water partition coefficient (Wildman–Crippen LogP) is 3.47. The van der Waals surface area contributed by atoms with E-state index in [4.69, 9.17) is 4.74 Å². The number of ether oxygens (including phenoxy) is 1. The molecule has 2 fully saturated rings. The summed E-state index contributed by atoms with van der Waals surface area (Å²) in [7, 11) is 0. The highest BCUT2D eigenvalue weighted by Gasteiger charge is 2.47. The van der Waals surface area contributed by atoms with Gasteiger partial charge in [-0.25, -0.2) is 0 Å². The van der Waals surface area contributed by atoms with Crippen molar-refractivity contribution in [3.8, 4) is 0 Å². The van der Waals surface area contributed by atoms with E-state index in [1.54, 1.807) is 0 Å². The minimum Gasteiger partial charge on any atom is -0.370 e. The van der Waals surface area contributed by atoms with Gasteiger partial charge in [-0.3, -0.25) is 0 Å². The van der Waals surface area contributed by atoms with Crippen molar-refractivity contribution in [2.24, 2.45) is 5.92 Å². The first-order valence-corrected chi connectivity index (χ1v) is 5.98. The molecule has 1 saturated carbocycles. The van der Waals surface area contributed by atoms with Gasteiger partial charge >= 0.3 is 0 Å². The van der Waals surface area contributed by atoms with Crippen molar-refractivity contribution in [3.63, 3.8) is 0 Å². The van der Waals surface area contributed by atoms with Crippen molar-refractivity contribution in [1.82, 2.24) is 0 Å². The highest BCUT2D eigenvalue weighted by molar-refractivity contribution is 9.10. The first-order chi connectivity index (χ1) is 6.78. The maximum absolute atomic E-state index is 5.96. The Morgan fingerprint density at radius 2 is 2.36 bits per heavy atom. The van der Waals surface area contributed by atoms with E-state index in [9.17, 15) is 0 Å². The third-order valence-electron chi connectivity index (χ3n) is 3.52. The highest BCUT2D eigenvalue weighted by Crippen LogP contribution is 2.51. The summed E-state index contributed by atoms with van der Waals surface area (Å²) >= 11 is 3.52. The Bertz CT molecular complexity index is 353. The number of rotatable bonds is 1. The molecule has 0 N–H and O–H groups in total. The summed E-state index contributed by atoms with van der Waals surface area (Å²) in [5, 5.41) is 0. The second kappa shape index (κ2) is 3.07. The van der Waals surface area contributed by atoms with Crippen LogP contribution in [-0.2, 0) is 10.3 Å². The molecule has 14 heavy (non-hydrogen) atoms. The molecule has 1 heterocycles. The average Bonchev–Trinajstić information content (AvgIpc) is 2.78.